The summed E-state index contributed by atoms with van der Waals surface area (Å²) >= 11 is 0. The van der Waals surface area contributed by atoms with E-state index in [1.165, 1.54) is 11.6 Å². The van der Waals surface area contributed by atoms with Gasteiger partial charge in [0.05, 0.1) is 11.4 Å². The van der Waals surface area contributed by atoms with E-state index in [0.29, 0.717) is 15.6 Å². The second kappa shape index (κ2) is 7.40. The van der Waals surface area contributed by atoms with Crippen molar-refractivity contribution in [3.8, 4) is 0 Å². The van der Waals surface area contributed by atoms with Crippen LogP contribution < -0.4 is 0 Å². The van der Waals surface area contributed by atoms with Crippen LogP contribution in [0.4, 0.5) is 13.2 Å². The van der Waals surface area contributed by atoms with E-state index in [1.54, 1.807) is 37.3 Å². The number of aryl methyl sites for hydroxylation is 1. The summed E-state index contributed by atoms with van der Waals surface area (Å²) in [5.74, 6) is 0. The second-order valence-electron chi connectivity index (χ2n) is 6.41. The van der Waals surface area contributed by atoms with E-state index in [0.717, 1.165) is 0 Å². The third kappa shape index (κ3) is 4.45. The molecule has 0 bridgehead atoms. The van der Waals surface area contributed by atoms with Gasteiger partial charge in [-0.3, -0.25) is 4.68 Å². The average Bonchev–Trinajstić information content (AvgIpc) is 2.82. The largest absolute Gasteiger partial charge is 0.402 e. The van der Waals surface area contributed by atoms with Gasteiger partial charge < -0.3 is 0 Å². The van der Waals surface area contributed by atoms with Gasteiger partial charge in [-0.25, -0.2) is 8.42 Å². The van der Waals surface area contributed by atoms with Crippen molar-refractivity contribution in [2.75, 3.05) is 6.54 Å². The smallest absolute Gasteiger partial charge is 0.266 e. The molecule has 0 atom stereocenters. The number of alkyl halides is 3. The minimum atomic E-state index is -4.66. The summed E-state index contributed by atoms with van der Waals surface area (Å²) in [5.41, 5.74) is 1.00. The van der Waals surface area contributed by atoms with Gasteiger partial charge in [0.15, 0.2) is 0 Å². The summed E-state index contributed by atoms with van der Waals surface area (Å²) < 4.78 is 67.3. The van der Waals surface area contributed by atoms with Gasteiger partial charge >= 0.3 is 6.18 Å². The molecule has 144 valence electrons. The molecule has 0 spiro atoms. The highest BCUT2D eigenvalue weighted by Crippen LogP contribution is 2.29. The monoisotopic (exact) mass is 389 g/mol. The number of sulfonamides is 1. The van der Waals surface area contributed by atoms with Crippen LogP contribution in [-0.2, 0) is 16.6 Å². The third-order valence-corrected chi connectivity index (χ3v) is 5.95. The Kier molecular flexibility index (Phi) is 5.82. The van der Waals surface area contributed by atoms with Gasteiger partial charge in [0.2, 0.25) is 10.0 Å². The highest BCUT2D eigenvalue weighted by molar-refractivity contribution is 7.89. The highest BCUT2D eigenvalue weighted by atomic mass is 32.2. The molecule has 0 N–H and O–H groups in total. The Hall–Kier alpha value is -1.87. The quantitative estimate of drug-likeness (QED) is 0.754. The Labute approximate surface area is 151 Å². The molecule has 0 amide bonds. The number of hydrogen-bond acceptors (Lipinski definition) is 3. The maximum atomic E-state index is 13.1. The molecule has 1 aromatic carbocycles. The van der Waals surface area contributed by atoms with Crippen LogP contribution in [0.3, 0.4) is 0 Å². The molecular weight excluding hydrogens is 367 g/mol. The van der Waals surface area contributed by atoms with Gasteiger partial charge in [0.1, 0.15) is 11.4 Å². The first kappa shape index (κ1) is 20.4. The summed E-state index contributed by atoms with van der Waals surface area (Å²) in [6.07, 6.45) is -4.66. The fraction of sp³-hybridized carbons (Fsp3) is 0.471. The summed E-state index contributed by atoms with van der Waals surface area (Å²) in [6.45, 7) is 4.78. The lowest BCUT2D eigenvalue weighted by Gasteiger charge is -2.24. The molecule has 0 saturated carbocycles. The van der Waals surface area contributed by atoms with Crippen molar-refractivity contribution in [3.05, 3.63) is 47.3 Å². The minimum absolute atomic E-state index is 0.108. The molecule has 0 fully saturated rings. The number of halogens is 3. The van der Waals surface area contributed by atoms with Gasteiger partial charge in [-0.2, -0.15) is 22.6 Å². The molecule has 0 radical (unpaired) electrons. The zero-order chi connectivity index (χ0) is 19.7. The Balaban J connectivity index is 2.52. The summed E-state index contributed by atoms with van der Waals surface area (Å²) in [5, 5.41) is 4.19. The normalized spacial score (nSPS) is 13.0. The van der Waals surface area contributed by atoms with Gasteiger partial charge in [-0.15, -0.1) is 0 Å². The summed E-state index contributed by atoms with van der Waals surface area (Å²) in [4.78, 5) is -0.161. The topological polar surface area (TPSA) is 55.2 Å². The maximum Gasteiger partial charge on any atom is 0.402 e. The van der Waals surface area contributed by atoms with Crippen LogP contribution in [0.1, 0.15) is 36.8 Å². The highest BCUT2D eigenvalue weighted by Gasteiger charge is 2.39. The zero-order valence-electron chi connectivity index (χ0n) is 15.1. The van der Waals surface area contributed by atoms with Crippen LogP contribution in [0.2, 0.25) is 0 Å². The van der Waals surface area contributed by atoms with Crippen molar-refractivity contribution in [1.82, 2.24) is 14.1 Å². The lowest BCUT2D eigenvalue weighted by molar-refractivity contribution is -0.136. The van der Waals surface area contributed by atoms with E-state index in [2.05, 4.69) is 5.10 Å². The van der Waals surface area contributed by atoms with E-state index in [4.69, 9.17) is 0 Å². The van der Waals surface area contributed by atoms with E-state index >= 15 is 0 Å². The van der Waals surface area contributed by atoms with Crippen LogP contribution in [-0.4, -0.2) is 35.2 Å². The molecule has 0 saturated heterocycles. The molecule has 26 heavy (non-hydrogen) atoms. The van der Waals surface area contributed by atoms with Crippen molar-refractivity contribution in [2.45, 2.75) is 51.4 Å². The Morgan fingerprint density at radius 1 is 1.15 bits per heavy atom. The molecule has 1 heterocycles. The standard InChI is InChI=1S/C17H22F3N3O2S/c1-12(2)23-14(4)16(13(3)21-23)26(24,25)22(11-17(18,19)20)10-15-8-6-5-7-9-15/h5-9,12H,10-11H2,1-4H3. The van der Waals surface area contributed by atoms with Crippen molar-refractivity contribution in [2.24, 2.45) is 0 Å². The Morgan fingerprint density at radius 2 is 1.73 bits per heavy atom. The number of nitrogens with zero attached hydrogens (tertiary/aromatic N) is 3. The van der Waals surface area contributed by atoms with E-state index in [1.807, 2.05) is 13.8 Å². The first-order valence-electron chi connectivity index (χ1n) is 8.10. The average molecular weight is 389 g/mol. The van der Waals surface area contributed by atoms with Crippen LogP contribution >= 0.6 is 0 Å². The van der Waals surface area contributed by atoms with Crippen molar-refractivity contribution in [1.29, 1.82) is 0 Å². The van der Waals surface area contributed by atoms with Gasteiger partial charge in [-0.1, -0.05) is 30.3 Å². The number of hydrogen-bond donors (Lipinski definition) is 0. The number of aromatic nitrogens is 2. The molecule has 9 heteroatoms. The van der Waals surface area contributed by atoms with Gasteiger partial charge in [0, 0.05) is 12.6 Å². The second-order valence-corrected chi connectivity index (χ2v) is 8.29. The maximum absolute atomic E-state index is 13.1. The molecule has 2 rings (SSSR count). The Morgan fingerprint density at radius 3 is 2.19 bits per heavy atom. The number of benzene rings is 1. The zero-order valence-corrected chi connectivity index (χ0v) is 15.9. The summed E-state index contributed by atoms with van der Waals surface area (Å²) in [6, 6.07) is 8.10. The van der Waals surface area contributed by atoms with Crippen molar-refractivity contribution in [3.63, 3.8) is 0 Å². The fourth-order valence-electron chi connectivity index (χ4n) is 2.87. The van der Waals surface area contributed by atoms with Crippen LogP contribution in [0.25, 0.3) is 0 Å². The first-order valence-corrected chi connectivity index (χ1v) is 9.54. The molecule has 1 aromatic heterocycles. The lowest BCUT2D eigenvalue weighted by atomic mass is 10.2. The first-order chi connectivity index (χ1) is 11.9. The predicted molar refractivity (Wildman–Crippen MR) is 92.2 cm³/mol. The van der Waals surface area contributed by atoms with Crippen molar-refractivity contribution >= 4 is 10.0 Å². The van der Waals surface area contributed by atoms with Crippen LogP contribution in [0, 0.1) is 13.8 Å². The SMILES string of the molecule is Cc1nn(C(C)C)c(C)c1S(=O)(=O)N(Cc1ccccc1)CC(F)(F)F. The third-order valence-electron chi connectivity index (χ3n) is 3.90. The van der Waals surface area contributed by atoms with Gasteiger partial charge in [-0.05, 0) is 33.3 Å². The molecule has 2 aromatic rings. The fourth-order valence-corrected chi connectivity index (χ4v) is 4.64. The van der Waals surface area contributed by atoms with Crippen molar-refractivity contribution < 1.29 is 21.6 Å². The number of rotatable bonds is 6. The predicted octanol–water partition coefficient (Wildman–Crippen LogP) is 3.83. The van der Waals surface area contributed by atoms with Gasteiger partial charge in [0.25, 0.3) is 0 Å². The lowest BCUT2D eigenvalue weighted by Crippen LogP contribution is -2.38. The van der Waals surface area contributed by atoms with Crippen LogP contribution in [0.15, 0.2) is 35.2 Å². The van der Waals surface area contributed by atoms with E-state index in [9.17, 15) is 21.6 Å². The molecule has 5 nitrogen and oxygen atoms in total. The summed E-state index contributed by atoms with van der Waals surface area (Å²) in [7, 11) is -4.38. The Bertz CT molecular complexity index is 859. The van der Waals surface area contributed by atoms with E-state index in [-0.39, 0.29) is 23.2 Å². The van der Waals surface area contributed by atoms with E-state index < -0.39 is 22.7 Å². The molecule has 0 aliphatic rings. The molecular formula is C17H22F3N3O2S. The molecule has 0 aliphatic heterocycles. The minimum Gasteiger partial charge on any atom is -0.266 e. The molecule has 0 aliphatic carbocycles. The van der Waals surface area contributed by atoms with Crippen LogP contribution in [0.5, 0.6) is 0 Å². The molecule has 0 unspecified atom stereocenters.